The highest BCUT2D eigenvalue weighted by atomic mass is 16.5. The van der Waals surface area contributed by atoms with Crippen molar-refractivity contribution in [3.05, 3.63) is 0 Å². The van der Waals surface area contributed by atoms with Crippen LogP contribution >= 0.6 is 0 Å². The maximum atomic E-state index is 11.2. The maximum Gasteiger partial charge on any atom is 0.317 e. The van der Waals surface area contributed by atoms with Gasteiger partial charge in [-0.1, -0.05) is 19.8 Å². The van der Waals surface area contributed by atoms with E-state index in [0.29, 0.717) is 0 Å². The second-order valence-electron chi connectivity index (χ2n) is 3.14. The summed E-state index contributed by atoms with van der Waals surface area (Å²) in [5.41, 5.74) is 0. The number of hydrogen-bond donors (Lipinski definition) is 0. The van der Waals surface area contributed by atoms with Crippen LogP contribution in [0.4, 0.5) is 0 Å². The van der Waals surface area contributed by atoms with E-state index in [2.05, 4.69) is 10.7 Å². The lowest BCUT2D eigenvalue weighted by Crippen LogP contribution is -2.29. The molecule has 1 atom stereocenters. The molecule has 0 rings (SSSR count). The zero-order valence-electron chi connectivity index (χ0n) is 8.16. The fraction of sp³-hybridized carbons (Fsp3) is 0.600. The average Bonchev–Trinajstić information content (AvgIpc) is 1.99. The van der Waals surface area contributed by atoms with Gasteiger partial charge in [0.15, 0.2) is 6.61 Å². The summed E-state index contributed by atoms with van der Waals surface area (Å²) in [7, 11) is 0. The van der Waals surface area contributed by atoms with Crippen molar-refractivity contribution in [1.82, 2.24) is 0 Å². The summed E-state index contributed by atoms with van der Waals surface area (Å²) in [4.78, 5) is 22.3. The largest absolute Gasteiger partial charge is 0.452 e. The van der Waals surface area contributed by atoms with Crippen molar-refractivity contribution in [3.63, 3.8) is 0 Å². The third-order valence-electron chi connectivity index (χ3n) is 1.66. The molecule has 0 aliphatic heterocycles. The predicted octanol–water partition coefficient (Wildman–Crippen LogP) is 1.02. The lowest BCUT2D eigenvalue weighted by molar-refractivity contribution is -0.152. The molecule has 1 unspecified atom stereocenters. The third kappa shape index (κ3) is 3.75. The molecule has 0 aromatic rings. The van der Waals surface area contributed by atoms with Gasteiger partial charge in [-0.25, -0.2) is 0 Å². The Morgan fingerprint density at radius 1 is 1.46 bits per heavy atom. The molecule has 0 aromatic carbocycles. The summed E-state index contributed by atoms with van der Waals surface area (Å²) in [6.45, 7) is 4.89. The van der Waals surface area contributed by atoms with Crippen molar-refractivity contribution in [2.24, 2.45) is 11.8 Å². The van der Waals surface area contributed by atoms with Crippen LogP contribution in [0, 0.1) is 24.2 Å². The van der Waals surface area contributed by atoms with Crippen LogP contribution < -0.4 is 0 Å². The summed E-state index contributed by atoms with van der Waals surface area (Å²) in [6, 6.07) is 0. The van der Waals surface area contributed by atoms with E-state index in [9.17, 15) is 9.59 Å². The lowest BCUT2D eigenvalue weighted by Gasteiger charge is -2.15. The molecule has 72 valence electrons. The van der Waals surface area contributed by atoms with Gasteiger partial charge in [0, 0.05) is 0 Å². The van der Waals surface area contributed by atoms with Gasteiger partial charge in [-0.3, -0.25) is 9.59 Å². The summed E-state index contributed by atoms with van der Waals surface area (Å²) < 4.78 is 4.68. The Morgan fingerprint density at radius 2 is 2.00 bits per heavy atom. The normalized spacial score (nSPS) is 11.9. The van der Waals surface area contributed by atoms with E-state index >= 15 is 0 Å². The maximum absolute atomic E-state index is 11.2. The van der Waals surface area contributed by atoms with Crippen molar-refractivity contribution < 1.29 is 14.3 Å². The molecular weight excluding hydrogens is 168 g/mol. The lowest BCUT2D eigenvalue weighted by atomic mass is 9.92. The molecule has 0 aliphatic carbocycles. The van der Waals surface area contributed by atoms with Gasteiger partial charge in [0.25, 0.3) is 0 Å². The highest BCUT2D eigenvalue weighted by molar-refractivity contribution is 5.98. The van der Waals surface area contributed by atoms with Gasteiger partial charge in [0.1, 0.15) is 11.7 Å². The number of ether oxygens (including phenoxy) is 1. The van der Waals surface area contributed by atoms with Crippen LogP contribution in [0.1, 0.15) is 20.8 Å². The Hall–Kier alpha value is -1.30. The molecule has 0 bridgehead atoms. The molecule has 0 aliphatic rings. The Kier molecular flexibility index (Phi) is 4.83. The zero-order chi connectivity index (χ0) is 10.4. The van der Waals surface area contributed by atoms with Crippen molar-refractivity contribution in [2.45, 2.75) is 20.8 Å². The first kappa shape index (κ1) is 11.7. The fourth-order valence-electron chi connectivity index (χ4n) is 1.11. The SMILES string of the molecule is C#CCOC(=O)C(C(C)=O)C(C)C. The van der Waals surface area contributed by atoms with Gasteiger partial charge in [0.2, 0.25) is 0 Å². The van der Waals surface area contributed by atoms with Crippen LogP contribution in [0.25, 0.3) is 0 Å². The number of esters is 1. The Labute approximate surface area is 78.5 Å². The first-order chi connectivity index (χ1) is 6.00. The minimum atomic E-state index is -0.687. The number of hydrogen-bond acceptors (Lipinski definition) is 3. The topological polar surface area (TPSA) is 43.4 Å². The number of terminal acetylenes is 1. The van der Waals surface area contributed by atoms with E-state index in [1.165, 1.54) is 6.92 Å². The quantitative estimate of drug-likeness (QED) is 0.370. The molecule has 0 spiro atoms. The van der Waals surface area contributed by atoms with Crippen LogP contribution in [0.15, 0.2) is 0 Å². The van der Waals surface area contributed by atoms with E-state index in [1.807, 2.05) is 0 Å². The van der Waals surface area contributed by atoms with E-state index in [-0.39, 0.29) is 18.3 Å². The molecule has 0 heterocycles. The minimum Gasteiger partial charge on any atom is -0.452 e. The van der Waals surface area contributed by atoms with E-state index in [4.69, 9.17) is 6.42 Å². The molecule has 0 N–H and O–H groups in total. The molecule has 0 fully saturated rings. The third-order valence-corrected chi connectivity index (χ3v) is 1.66. The first-order valence-electron chi connectivity index (χ1n) is 4.11. The molecule has 0 radical (unpaired) electrons. The molecule has 0 aromatic heterocycles. The van der Waals surface area contributed by atoms with Gasteiger partial charge in [-0.15, -0.1) is 6.42 Å². The second-order valence-corrected chi connectivity index (χ2v) is 3.14. The molecule has 13 heavy (non-hydrogen) atoms. The molecular formula is C10H14O3. The van der Waals surface area contributed by atoms with E-state index in [1.54, 1.807) is 13.8 Å². The second kappa shape index (κ2) is 5.36. The Balaban J connectivity index is 4.31. The monoisotopic (exact) mass is 182 g/mol. The summed E-state index contributed by atoms with van der Waals surface area (Å²) in [5.74, 6) is 0.727. The van der Waals surface area contributed by atoms with Crippen molar-refractivity contribution in [2.75, 3.05) is 6.61 Å². The number of carbonyl (C=O) groups excluding carboxylic acids is 2. The number of rotatable bonds is 4. The number of Topliss-reactive ketones (excluding diaryl/α,β-unsaturated/α-hetero) is 1. The fourth-order valence-corrected chi connectivity index (χ4v) is 1.11. The van der Waals surface area contributed by atoms with Gasteiger partial charge in [-0.2, -0.15) is 0 Å². The molecule has 0 saturated heterocycles. The van der Waals surface area contributed by atoms with Crippen molar-refractivity contribution >= 4 is 11.8 Å². The summed E-state index contributed by atoms with van der Waals surface area (Å²) in [5, 5.41) is 0. The summed E-state index contributed by atoms with van der Waals surface area (Å²) >= 11 is 0. The van der Waals surface area contributed by atoms with Gasteiger partial charge in [0.05, 0.1) is 0 Å². The van der Waals surface area contributed by atoms with Crippen molar-refractivity contribution in [1.29, 1.82) is 0 Å². The van der Waals surface area contributed by atoms with Crippen molar-refractivity contribution in [3.8, 4) is 12.3 Å². The first-order valence-corrected chi connectivity index (χ1v) is 4.11. The molecule has 3 nitrogen and oxygen atoms in total. The smallest absolute Gasteiger partial charge is 0.317 e. The highest BCUT2D eigenvalue weighted by Crippen LogP contribution is 2.13. The van der Waals surface area contributed by atoms with Crippen LogP contribution in [-0.2, 0) is 14.3 Å². The standard InChI is InChI=1S/C10H14O3/c1-5-6-13-10(12)9(7(2)3)8(4)11/h1,7,9H,6H2,2-4H3. The van der Waals surface area contributed by atoms with Gasteiger partial charge in [-0.05, 0) is 12.8 Å². The average molecular weight is 182 g/mol. The number of ketones is 1. The van der Waals surface area contributed by atoms with Crippen LogP contribution in [0.5, 0.6) is 0 Å². The Morgan fingerprint density at radius 3 is 2.31 bits per heavy atom. The van der Waals surface area contributed by atoms with E-state index < -0.39 is 11.9 Å². The van der Waals surface area contributed by atoms with Crippen LogP contribution in [0.3, 0.4) is 0 Å². The molecule has 3 heteroatoms. The van der Waals surface area contributed by atoms with Crippen LogP contribution in [0.2, 0.25) is 0 Å². The van der Waals surface area contributed by atoms with Gasteiger partial charge < -0.3 is 4.74 Å². The minimum absolute atomic E-state index is 0.0530. The molecule has 0 amide bonds. The van der Waals surface area contributed by atoms with E-state index in [0.717, 1.165) is 0 Å². The van der Waals surface area contributed by atoms with Crippen LogP contribution in [-0.4, -0.2) is 18.4 Å². The number of carbonyl (C=O) groups is 2. The molecule has 0 saturated carbocycles. The highest BCUT2D eigenvalue weighted by Gasteiger charge is 2.27. The predicted molar refractivity (Wildman–Crippen MR) is 48.8 cm³/mol. The zero-order valence-corrected chi connectivity index (χ0v) is 8.16. The summed E-state index contributed by atoms with van der Waals surface area (Å²) in [6.07, 6.45) is 4.92. The Bertz CT molecular complexity index is 235. The van der Waals surface area contributed by atoms with Gasteiger partial charge >= 0.3 is 5.97 Å².